The van der Waals surface area contributed by atoms with Crippen molar-refractivity contribution in [3.63, 3.8) is 0 Å². The monoisotopic (exact) mass is 335 g/mol. The van der Waals surface area contributed by atoms with E-state index in [1.54, 1.807) is 6.07 Å². The Hall–Kier alpha value is -2.55. The first-order valence-electron chi connectivity index (χ1n) is 8.71. The summed E-state index contributed by atoms with van der Waals surface area (Å²) in [6.07, 6.45) is 0. The van der Waals surface area contributed by atoms with Gasteiger partial charge in [0.15, 0.2) is 0 Å². The second kappa shape index (κ2) is 6.40. The van der Waals surface area contributed by atoms with Crippen LogP contribution in [0.25, 0.3) is 10.9 Å². The molecule has 3 aromatic rings. The molecule has 25 heavy (non-hydrogen) atoms. The third-order valence-electron chi connectivity index (χ3n) is 4.97. The number of carboxylic acids is 1. The molecule has 0 bridgehead atoms. The van der Waals surface area contributed by atoms with Crippen molar-refractivity contribution in [1.29, 1.82) is 0 Å². The molecule has 0 unspecified atom stereocenters. The van der Waals surface area contributed by atoms with Gasteiger partial charge in [-0.15, -0.1) is 0 Å². The van der Waals surface area contributed by atoms with E-state index >= 15 is 0 Å². The quantitative estimate of drug-likeness (QED) is 0.690. The van der Waals surface area contributed by atoms with E-state index in [0.717, 1.165) is 10.9 Å². The highest BCUT2D eigenvalue weighted by Gasteiger charge is 2.17. The molecule has 0 saturated heterocycles. The van der Waals surface area contributed by atoms with Crippen LogP contribution >= 0.6 is 0 Å². The predicted molar refractivity (Wildman–Crippen MR) is 103 cm³/mol. The number of hydrogen-bond donors (Lipinski definition) is 1. The fourth-order valence-electron chi connectivity index (χ4n) is 3.61. The molecule has 0 spiro atoms. The Morgan fingerprint density at radius 2 is 1.68 bits per heavy atom. The Labute approximate surface area is 148 Å². The minimum Gasteiger partial charge on any atom is -0.477 e. The molecule has 0 radical (unpaired) electrons. The van der Waals surface area contributed by atoms with Crippen molar-refractivity contribution in [3.8, 4) is 0 Å². The van der Waals surface area contributed by atoms with Crippen molar-refractivity contribution in [2.75, 3.05) is 0 Å². The minimum atomic E-state index is -0.885. The van der Waals surface area contributed by atoms with Crippen LogP contribution in [0.3, 0.4) is 0 Å². The van der Waals surface area contributed by atoms with Gasteiger partial charge in [-0.25, -0.2) is 4.79 Å². The molecule has 3 nitrogen and oxygen atoms in total. The number of carbonyl (C=O) groups is 1. The lowest BCUT2D eigenvalue weighted by Gasteiger charge is -2.15. The van der Waals surface area contributed by atoms with Gasteiger partial charge in [0.1, 0.15) is 5.69 Å². The number of hydrogen-bond acceptors (Lipinski definition) is 1. The number of carboxylic acid groups (broad SMARTS) is 1. The van der Waals surface area contributed by atoms with Gasteiger partial charge in [0.25, 0.3) is 0 Å². The van der Waals surface area contributed by atoms with Crippen LogP contribution in [-0.2, 0) is 6.54 Å². The van der Waals surface area contributed by atoms with Gasteiger partial charge in [-0.1, -0.05) is 37.6 Å². The molecule has 0 saturated carbocycles. The van der Waals surface area contributed by atoms with E-state index in [2.05, 4.69) is 65.0 Å². The second-order valence-corrected chi connectivity index (χ2v) is 7.27. The van der Waals surface area contributed by atoms with E-state index in [0.29, 0.717) is 18.2 Å². The van der Waals surface area contributed by atoms with E-state index in [-0.39, 0.29) is 0 Å². The smallest absolute Gasteiger partial charge is 0.352 e. The lowest BCUT2D eigenvalue weighted by Crippen LogP contribution is -2.11. The minimum absolute atomic E-state index is 0.343. The van der Waals surface area contributed by atoms with Crippen molar-refractivity contribution in [2.24, 2.45) is 0 Å². The molecule has 1 N–H and O–H groups in total. The van der Waals surface area contributed by atoms with Crippen molar-refractivity contribution >= 4 is 16.9 Å². The van der Waals surface area contributed by atoms with Crippen LogP contribution in [0.1, 0.15) is 58.1 Å². The van der Waals surface area contributed by atoms with E-state index in [9.17, 15) is 9.90 Å². The van der Waals surface area contributed by atoms with E-state index in [1.807, 2.05) is 4.57 Å². The van der Waals surface area contributed by atoms with Gasteiger partial charge in [-0.2, -0.15) is 0 Å². The summed E-state index contributed by atoms with van der Waals surface area (Å²) in [4.78, 5) is 11.8. The van der Waals surface area contributed by atoms with Crippen LogP contribution in [0, 0.1) is 20.8 Å². The van der Waals surface area contributed by atoms with Crippen LogP contribution in [0.2, 0.25) is 0 Å². The highest BCUT2D eigenvalue weighted by atomic mass is 16.4. The summed E-state index contributed by atoms with van der Waals surface area (Å²) in [7, 11) is 0. The van der Waals surface area contributed by atoms with Gasteiger partial charge < -0.3 is 9.67 Å². The molecule has 0 fully saturated rings. The van der Waals surface area contributed by atoms with Gasteiger partial charge in [-0.3, -0.25) is 0 Å². The van der Waals surface area contributed by atoms with Crippen molar-refractivity contribution in [1.82, 2.24) is 4.57 Å². The van der Waals surface area contributed by atoms with E-state index < -0.39 is 5.97 Å². The van der Waals surface area contributed by atoms with Crippen molar-refractivity contribution in [2.45, 2.75) is 47.1 Å². The molecule has 2 aromatic carbocycles. The summed E-state index contributed by atoms with van der Waals surface area (Å²) in [5, 5.41) is 10.7. The molecule has 130 valence electrons. The third-order valence-corrected chi connectivity index (χ3v) is 4.97. The summed E-state index contributed by atoms with van der Waals surface area (Å²) < 4.78 is 1.92. The number of aromatic nitrogens is 1. The number of nitrogens with zero attached hydrogens (tertiary/aromatic N) is 1. The summed E-state index contributed by atoms with van der Waals surface area (Å²) in [6, 6.07) is 12.4. The number of aromatic carboxylic acids is 1. The lowest BCUT2D eigenvalue weighted by atomic mass is 9.99. The molecule has 0 aliphatic rings. The van der Waals surface area contributed by atoms with Gasteiger partial charge in [0, 0.05) is 17.4 Å². The number of aryl methyl sites for hydroxylation is 3. The molecule has 1 aromatic heterocycles. The zero-order chi connectivity index (χ0) is 18.3. The Bertz CT molecular complexity index is 941. The van der Waals surface area contributed by atoms with Crippen LogP contribution in [0.15, 0.2) is 36.4 Å². The fraction of sp³-hybridized carbons (Fsp3) is 0.318. The first-order valence-corrected chi connectivity index (χ1v) is 8.71. The molecule has 1 heterocycles. The molecule has 0 atom stereocenters. The SMILES string of the molecule is Cc1cc(C)c(Cn2c(C(=O)O)cc3cc(C(C)C)ccc32)c(C)c1. The van der Waals surface area contributed by atoms with Crippen molar-refractivity contribution in [3.05, 3.63) is 69.9 Å². The van der Waals surface area contributed by atoms with Gasteiger partial charge in [0.2, 0.25) is 0 Å². The molecule has 0 aliphatic carbocycles. The second-order valence-electron chi connectivity index (χ2n) is 7.27. The van der Waals surface area contributed by atoms with Crippen LogP contribution in [0.5, 0.6) is 0 Å². The van der Waals surface area contributed by atoms with Gasteiger partial charge in [0.05, 0.1) is 0 Å². The number of benzene rings is 2. The Balaban J connectivity index is 2.18. The van der Waals surface area contributed by atoms with Gasteiger partial charge in [-0.05, 0) is 67.1 Å². The normalized spacial score (nSPS) is 11.4. The molecule has 0 aliphatic heterocycles. The largest absolute Gasteiger partial charge is 0.477 e. The molecular formula is C22H25NO2. The van der Waals surface area contributed by atoms with Crippen LogP contribution in [-0.4, -0.2) is 15.6 Å². The van der Waals surface area contributed by atoms with Crippen LogP contribution in [0.4, 0.5) is 0 Å². The number of rotatable bonds is 4. The van der Waals surface area contributed by atoms with Crippen molar-refractivity contribution < 1.29 is 9.90 Å². The first-order chi connectivity index (χ1) is 11.8. The summed E-state index contributed by atoms with van der Waals surface area (Å²) >= 11 is 0. The zero-order valence-corrected chi connectivity index (χ0v) is 15.6. The third kappa shape index (κ3) is 3.19. The Morgan fingerprint density at radius 3 is 2.24 bits per heavy atom. The standard InChI is InChI=1S/C22H25NO2/c1-13(2)17-6-7-20-18(10-17)11-21(22(24)25)23(20)12-19-15(4)8-14(3)9-16(19)5/h6-11,13H,12H2,1-5H3,(H,24,25). The van der Waals surface area contributed by atoms with E-state index in [4.69, 9.17) is 0 Å². The zero-order valence-electron chi connectivity index (χ0n) is 15.6. The summed E-state index contributed by atoms with van der Waals surface area (Å²) in [5.74, 6) is -0.465. The lowest BCUT2D eigenvalue weighted by molar-refractivity contribution is 0.0686. The van der Waals surface area contributed by atoms with Gasteiger partial charge >= 0.3 is 5.97 Å². The highest BCUT2D eigenvalue weighted by molar-refractivity contribution is 5.95. The first kappa shape index (κ1) is 17.3. The maximum atomic E-state index is 11.8. The van der Waals surface area contributed by atoms with E-state index in [1.165, 1.54) is 27.8 Å². The number of fused-ring (bicyclic) bond motifs is 1. The average Bonchev–Trinajstić information content (AvgIpc) is 2.88. The molecule has 3 rings (SSSR count). The Kier molecular flexibility index (Phi) is 4.42. The molecule has 0 amide bonds. The summed E-state index contributed by atoms with van der Waals surface area (Å²) in [6.45, 7) is 11.1. The average molecular weight is 335 g/mol. The topological polar surface area (TPSA) is 42.2 Å². The molecular weight excluding hydrogens is 310 g/mol. The fourth-order valence-corrected chi connectivity index (χ4v) is 3.61. The predicted octanol–water partition coefficient (Wildman–Crippen LogP) is 5.44. The maximum absolute atomic E-state index is 11.8. The maximum Gasteiger partial charge on any atom is 0.352 e. The highest BCUT2D eigenvalue weighted by Crippen LogP contribution is 2.27. The molecule has 3 heteroatoms. The summed E-state index contributed by atoms with van der Waals surface area (Å²) in [5.41, 5.74) is 7.37. The van der Waals surface area contributed by atoms with Crippen LogP contribution < -0.4 is 0 Å². The Morgan fingerprint density at radius 1 is 1.04 bits per heavy atom.